The third-order valence-corrected chi connectivity index (χ3v) is 9.56. The summed E-state index contributed by atoms with van der Waals surface area (Å²) in [4.78, 5) is 35.6. The van der Waals surface area contributed by atoms with E-state index in [1.54, 1.807) is 12.4 Å². The molecule has 0 spiro atoms. The molecular weight excluding hydrogens is 598 g/mol. The molecule has 0 bridgehead atoms. The maximum Gasteiger partial charge on any atom is 0.407 e. The molecule has 1 saturated carbocycles. The zero-order chi connectivity index (χ0) is 31.6. The van der Waals surface area contributed by atoms with Crippen LogP contribution in [0.4, 0.5) is 4.79 Å². The summed E-state index contributed by atoms with van der Waals surface area (Å²) in [6, 6.07) is 6.74. The Kier molecular flexibility index (Phi) is 9.33. The predicted octanol–water partition coefficient (Wildman–Crippen LogP) is 6.20. The number of amides is 2. The molecule has 2 amide bonds. The molecule has 5 rings (SSSR count). The first-order valence-corrected chi connectivity index (χ1v) is 19.3. The fraction of sp³-hybridized carbons (Fsp3) is 0.516. The molecule has 13 heteroatoms. The number of hydrogen-bond donors (Lipinski definition) is 3. The number of aromatic nitrogens is 5. The SMILES string of the molecule is CC(C)(C)OC(=O)NC1CCC(NC(=O)c2cn(COCC[Si](C)(C)C)c3ncc(-c4n[nH]c5cc(CCl)ccc45)nc23)C1. The van der Waals surface area contributed by atoms with Crippen LogP contribution in [0.25, 0.3) is 33.5 Å². The van der Waals surface area contributed by atoms with Gasteiger partial charge in [0, 0.05) is 44.2 Å². The second kappa shape index (κ2) is 12.9. The van der Waals surface area contributed by atoms with Crippen LogP contribution in [0.5, 0.6) is 0 Å². The number of alkyl carbamates (subject to hydrolysis) is 1. The van der Waals surface area contributed by atoms with Crippen LogP contribution >= 0.6 is 11.6 Å². The highest BCUT2D eigenvalue weighted by Gasteiger charge is 2.30. The van der Waals surface area contributed by atoms with Crippen LogP contribution in [0.3, 0.4) is 0 Å². The summed E-state index contributed by atoms with van der Waals surface area (Å²) in [6.07, 6.45) is 5.10. The lowest BCUT2D eigenvalue weighted by atomic mass is 10.1. The van der Waals surface area contributed by atoms with Gasteiger partial charge in [0.1, 0.15) is 29.2 Å². The van der Waals surface area contributed by atoms with Gasteiger partial charge in [0.2, 0.25) is 0 Å². The van der Waals surface area contributed by atoms with Gasteiger partial charge in [0.05, 0.1) is 17.3 Å². The van der Waals surface area contributed by atoms with Crippen molar-refractivity contribution in [2.24, 2.45) is 0 Å². The van der Waals surface area contributed by atoms with E-state index in [-0.39, 0.29) is 24.7 Å². The number of carbonyl (C=O) groups excluding carboxylic acids is 2. The Labute approximate surface area is 263 Å². The quantitative estimate of drug-likeness (QED) is 0.107. The van der Waals surface area contributed by atoms with E-state index in [1.807, 2.05) is 43.5 Å². The first-order chi connectivity index (χ1) is 20.8. The monoisotopic (exact) mass is 639 g/mol. The second-order valence-electron chi connectivity index (χ2n) is 13.7. The number of benzene rings is 1. The maximum absolute atomic E-state index is 13.7. The van der Waals surface area contributed by atoms with E-state index >= 15 is 0 Å². The van der Waals surface area contributed by atoms with Gasteiger partial charge < -0.3 is 24.7 Å². The van der Waals surface area contributed by atoms with Gasteiger partial charge in [-0.2, -0.15) is 5.10 Å². The standard InChI is InChI=1S/C31H42ClN7O4Si/c1-31(2,3)43-30(41)35-21-9-8-20(14-21)34-29(40)23-17-39(18-42-11-12-44(4,5)6)28-27(23)36-25(16-33-28)26-22-10-7-19(15-32)13-24(22)37-38-26/h7,10,13,16-17,20-21H,8-9,11-12,14-15,18H2,1-6H3,(H,34,40)(H,35,41)(H,37,38). The van der Waals surface area contributed by atoms with Crippen molar-refractivity contribution in [1.82, 2.24) is 35.4 Å². The summed E-state index contributed by atoms with van der Waals surface area (Å²) >= 11 is 6.02. The van der Waals surface area contributed by atoms with E-state index in [4.69, 9.17) is 31.0 Å². The molecule has 0 saturated heterocycles. The highest BCUT2D eigenvalue weighted by Crippen LogP contribution is 2.29. The van der Waals surface area contributed by atoms with Crippen molar-refractivity contribution in [2.75, 3.05) is 6.61 Å². The number of ether oxygens (including phenoxy) is 2. The fourth-order valence-electron chi connectivity index (χ4n) is 5.30. The van der Waals surface area contributed by atoms with Crippen molar-refractivity contribution in [3.05, 3.63) is 41.7 Å². The zero-order valence-corrected chi connectivity index (χ0v) is 28.0. The van der Waals surface area contributed by atoms with Crippen molar-refractivity contribution in [1.29, 1.82) is 0 Å². The molecule has 1 aliphatic carbocycles. The van der Waals surface area contributed by atoms with Gasteiger partial charge in [-0.25, -0.2) is 14.8 Å². The second-order valence-corrected chi connectivity index (χ2v) is 19.6. The van der Waals surface area contributed by atoms with Crippen molar-refractivity contribution in [3.63, 3.8) is 0 Å². The number of nitrogens with one attached hydrogen (secondary N) is 3. The molecule has 3 aromatic heterocycles. The van der Waals surface area contributed by atoms with Crippen molar-refractivity contribution in [3.8, 4) is 11.4 Å². The van der Waals surface area contributed by atoms with Crippen LogP contribution in [0.2, 0.25) is 25.7 Å². The smallest absolute Gasteiger partial charge is 0.407 e. The molecule has 2 atom stereocenters. The van der Waals surface area contributed by atoms with Gasteiger partial charge in [0.25, 0.3) is 5.91 Å². The molecule has 2 unspecified atom stereocenters. The van der Waals surface area contributed by atoms with E-state index in [9.17, 15) is 9.59 Å². The van der Waals surface area contributed by atoms with Gasteiger partial charge in [-0.05, 0) is 57.7 Å². The largest absolute Gasteiger partial charge is 0.444 e. The lowest BCUT2D eigenvalue weighted by molar-refractivity contribution is 0.0505. The third kappa shape index (κ3) is 7.77. The van der Waals surface area contributed by atoms with Gasteiger partial charge >= 0.3 is 6.09 Å². The summed E-state index contributed by atoms with van der Waals surface area (Å²) < 4.78 is 13.2. The van der Waals surface area contributed by atoms with E-state index in [0.29, 0.717) is 47.0 Å². The topological polar surface area (TPSA) is 136 Å². The van der Waals surface area contributed by atoms with Gasteiger partial charge in [0.15, 0.2) is 5.65 Å². The number of aromatic amines is 1. The molecule has 1 aliphatic rings. The Bertz CT molecular complexity index is 1660. The highest BCUT2D eigenvalue weighted by atomic mass is 35.5. The first-order valence-electron chi connectivity index (χ1n) is 15.1. The summed E-state index contributed by atoms with van der Waals surface area (Å²) in [6.45, 7) is 13.3. The normalized spacial score (nSPS) is 17.3. The van der Waals surface area contributed by atoms with Gasteiger partial charge in [-0.1, -0.05) is 31.8 Å². The number of hydrogen-bond acceptors (Lipinski definition) is 7. The third-order valence-electron chi connectivity index (χ3n) is 7.55. The van der Waals surface area contributed by atoms with E-state index in [2.05, 4.69) is 40.5 Å². The Hall–Kier alpha value is -3.48. The van der Waals surface area contributed by atoms with Crippen molar-refractivity contribution < 1.29 is 19.1 Å². The summed E-state index contributed by atoms with van der Waals surface area (Å²) in [5.41, 5.74) is 3.91. The number of nitrogens with zero attached hydrogens (tertiary/aromatic N) is 4. The average Bonchev–Trinajstić information content (AvgIpc) is 3.66. The minimum absolute atomic E-state index is 0.0742. The Morgan fingerprint density at radius 2 is 1.91 bits per heavy atom. The van der Waals surface area contributed by atoms with Gasteiger partial charge in [-0.15, -0.1) is 11.6 Å². The molecule has 236 valence electrons. The molecule has 0 radical (unpaired) electrons. The lowest BCUT2D eigenvalue weighted by Crippen LogP contribution is -2.39. The first kappa shape index (κ1) is 31.9. The van der Waals surface area contributed by atoms with E-state index in [0.717, 1.165) is 35.4 Å². The molecule has 1 aromatic carbocycles. The number of alkyl halides is 1. The minimum Gasteiger partial charge on any atom is -0.444 e. The molecule has 3 N–H and O–H groups in total. The molecular formula is C31H42ClN7O4Si. The number of H-pyrrole nitrogens is 1. The Morgan fingerprint density at radius 1 is 1.16 bits per heavy atom. The Balaban J connectivity index is 1.38. The van der Waals surface area contributed by atoms with Crippen LogP contribution in [0, 0.1) is 0 Å². The van der Waals surface area contributed by atoms with E-state index < -0.39 is 19.8 Å². The van der Waals surface area contributed by atoms with Crippen LogP contribution in [0.1, 0.15) is 56.0 Å². The van der Waals surface area contributed by atoms with E-state index in [1.165, 1.54) is 0 Å². The molecule has 4 aromatic rings. The number of halogens is 1. The highest BCUT2D eigenvalue weighted by molar-refractivity contribution is 6.76. The maximum atomic E-state index is 13.7. The zero-order valence-electron chi connectivity index (χ0n) is 26.3. The summed E-state index contributed by atoms with van der Waals surface area (Å²) in [7, 11) is -1.26. The van der Waals surface area contributed by atoms with Gasteiger partial charge in [-0.3, -0.25) is 9.89 Å². The molecule has 11 nitrogen and oxygen atoms in total. The van der Waals surface area contributed by atoms with Crippen molar-refractivity contribution >= 4 is 53.7 Å². The molecule has 44 heavy (non-hydrogen) atoms. The lowest BCUT2D eigenvalue weighted by Gasteiger charge is -2.21. The van der Waals surface area contributed by atoms with Crippen LogP contribution < -0.4 is 10.6 Å². The molecule has 0 aliphatic heterocycles. The van der Waals surface area contributed by atoms with Crippen molar-refractivity contribution in [2.45, 2.75) is 96.0 Å². The number of carbonyl (C=O) groups is 2. The summed E-state index contributed by atoms with van der Waals surface area (Å²) in [5, 5.41) is 14.5. The Morgan fingerprint density at radius 3 is 2.61 bits per heavy atom. The van der Waals surface area contributed by atoms with Crippen LogP contribution in [-0.4, -0.2) is 69.1 Å². The summed E-state index contributed by atoms with van der Waals surface area (Å²) in [5.74, 6) is 0.157. The predicted molar refractivity (Wildman–Crippen MR) is 175 cm³/mol. The molecule has 1 fully saturated rings. The minimum atomic E-state index is -1.26. The number of fused-ring (bicyclic) bond motifs is 2. The van der Waals surface area contributed by atoms with Crippen LogP contribution in [-0.2, 0) is 22.1 Å². The average molecular weight is 640 g/mol. The molecule has 3 heterocycles. The van der Waals surface area contributed by atoms with Crippen LogP contribution in [0.15, 0.2) is 30.6 Å². The number of rotatable bonds is 10. The fourth-order valence-corrected chi connectivity index (χ4v) is 6.22.